The predicted octanol–water partition coefficient (Wildman–Crippen LogP) is 15.1. The van der Waals surface area contributed by atoms with E-state index in [-0.39, 0.29) is 165 Å². The number of halogens is 7. The van der Waals surface area contributed by atoms with Crippen molar-refractivity contribution in [1.82, 2.24) is 65.7 Å². The summed E-state index contributed by atoms with van der Waals surface area (Å²) in [5.41, 5.74) is 3.99. The van der Waals surface area contributed by atoms with Crippen LogP contribution in [0.2, 0.25) is 15.1 Å². The molecule has 18 rings (SSSR count). The summed E-state index contributed by atoms with van der Waals surface area (Å²) >= 11 is 19.9. The number of aromatic nitrogens is 9. The minimum absolute atomic E-state index is 0.0175. The number of carbonyl (C=O) groups excluding carboxylic acids is 7. The van der Waals surface area contributed by atoms with Gasteiger partial charge in [0.05, 0.1) is 129 Å². The van der Waals surface area contributed by atoms with Gasteiger partial charge in [-0.3, -0.25) is 57.9 Å². The predicted molar refractivity (Wildman–Crippen MR) is 551 cm³/mol. The second-order valence-electron chi connectivity index (χ2n) is 36.4. The number of ether oxygens (including phenoxy) is 9. The molecule has 47 heteroatoms. The van der Waals surface area contributed by atoms with Crippen molar-refractivity contribution < 1.29 is 93.8 Å². The Bertz CT molecular complexity index is 6480. The molecule has 786 valence electrons. The van der Waals surface area contributed by atoms with E-state index < -0.39 is 52.5 Å². The number of carbonyl (C=O) groups is 7. The zero-order valence-electron chi connectivity index (χ0n) is 83.7. The number of aryl methyl sites for hydroxylation is 1. The molecule has 9 aliphatic rings. The first-order valence-corrected chi connectivity index (χ1v) is 49.1. The van der Waals surface area contributed by atoms with Gasteiger partial charge >= 0.3 is 18.1 Å². The molecule has 1 saturated heterocycles. The second-order valence-corrected chi connectivity index (χ2v) is 37.5. The first kappa shape index (κ1) is 107. The molecule has 5 aromatic heterocycles. The number of nitrogens with one attached hydrogen (secondary N) is 8. The number of hydrogen-bond acceptors (Lipinski definition) is 29. The van der Waals surface area contributed by atoms with Crippen molar-refractivity contribution in [2.75, 3.05) is 142 Å². The number of pyridine rings is 1. The minimum Gasteiger partial charge on any atom is -0.496 e. The molecule has 4 aliphatic heterocycles. The molecule has 0 bridgehead atoms. The van der Waals surface area contributed by atoms with Crippen LogP contribution in [-0.4, -0.2) is 226 Å². The number of anilines is 10. The van der Waals surface area contributed by atoms with Gasteiger partial charge in [0.1, 0.15) is 62.6 Å². The number of nitrogens with zero attached hydrogens (tertiary/aromatic N) is 15. The van der Waals surface area contributed by atoms with Crippen molar-refractivity contribution in [2.45, 2.75) is 183 Å². The molecule has 8 N–H and O–H groups in total. The second kappa shape index (κ2) is 46.9. The number of fused-ring (bicyclic) bond motifs is 4. The Kier molecular flexibility index (Phi) is 34.1. The van der Waals surface area contributed by atoms with Gasteiger partial charge in [-0.25, -0.2) is 47.5 Å². The van der Waals surface area contributed by atoms with Crippen LogP contribution in [0, 0.1) is 23.3 Å². The van der Waals surface area contributed by atoms with Crippen LogP contribution in [-0.2, 0) is 50.6 Å². The summed E-state index contributed by atoms with van der Waals surface area (Å²) in [5.74, 6) is -2.26. The number of methoxy groups -OCH3 is 8. The molecule has 8 atom stereocenters. The highest BCUT2D eigenvalue weighted by atomic mass is 35.5. The molecular weight excluding hydrogens is 1990 g/mol. The van der Waals surface area contributed by atoms with Gasteiger partial charge < -0.3 is 85.2 Å². The largest absolute Gasteiger partial charge is 0.496 e. The monoisotopic (exact) mass is 2100 g/mol. The van der Waals surface area contributed by atoms with E-state index in [0.29, 0.717) is 104 Å². The van der Waals surface area contributed by atoms with Crippen LogP contribution in [0.25, 0.3) is 22.2 Å². The molecule has 9 heterocycles. The summed E-state index contributed by atoms with van der Waals surface area (Å²) in [4.78, 5) is 145. The van der Waals surface area contributed by atoms with Crippen LogP contribution in [0.5, 0.6) is 46.0 Å². The van der Waals surface area contributed by atoms with Gasteiger partial charge in [-0.15, -0.1) is 0 Å². The number of rotatable bonds is 30. The number of benzene rings is 4. The number of hydrogen-bond donors (Lipinski definition) is 8. The molecule has 0 spiro atoms. The SMILES string of the molecule is C=CC(=O)N[C@@H]1COC[C@@H]1Nc1ncc2cc(-c3c(Cl)c(OC)cc(OC)c3Cl)c(=O)n(C)c2n1.C=CC(=O)N[C@H]1CCCC[C@H]1Nc1ncc2c(n1)N(C)C(=O)N(c1c(Cl)c(OC)cc(OC)c1C1CC1)C2.C=CC(=O)N[C@H]1CCCC[C@H]1Nc1ncc2c(n1)N(C)C(=O)N(c1c(F)c(OC)c(F)c(OC)c1F)C2.C=CC(=O)N[C@H]1CCCC[C@H]1Nc1ncc2c(n1)N(C)C(=O)N(c1c(F)c(OC)cc(OC)c1C1CC1)C2. The maximum atomic E-state index is 15.7. The topological polar surface area (TPSA) is 443 Å². The molecular formula is C101H116Cl3F4N23O17. The van der Waals surface area contributed by atoms with Gasteiger partial charge in [0.25, 0.3) is 5.56 Å². The summed E-state index contributed by atoms with van der Waals surface area (Å²) in [6.45, 7) is 14.8. The third-order valence-corrected chi connectivity index (χ3v) is 28.3. The van der Waals surface area contributed by atoms with E-state index in [1.165, 1.54) is 91.3 Å². The third-order valence-electron chi connectivity index (χ3n) is 27.2. The van der Waals surface area contributed by atoms with Crippen molar-refractivity contribution in [3.8, 4) is 57.1 Å². The van der Waals surface area contributed by atoms with Crippen LogP contribution < -0.4 is 115 Å². The van der Waals surface area contributed by atoms with Gasteiger partial charge in [0, 0.05) is 146 Å². The van der Waals surface area contributed by atoms with Crippen LogP contribution in [0.3, 0.4) is 0 Å². The standard InChI is InChI=1S/C27H33ClN6O4.C27H33FN6O4.C24H27F3N6O4.C23H23Cl2N5O5/c2*1-5-21(35)30-17-8-6-7-9-18(17)31-26-29-13-16-14-34(27(36)33(2)25(16)32-26)24-22(15-10-11-15)19(37-3)12-20(38-4)23(24)28;1-5-15(34)29-13-8-6-7-9-14(13)30-23-28-10-12-11-33(24(35)32(2)22(12)31-23)19-16(25)20(36-3)18(27)21(37-4)17(19)26;1-5-17(31)27-13-9-35-10-14(13)28-23-26-8-11-6-12(22(32)30(2)21(11)29-23)18-19(24)15(33-3)7-16(34-4)20(18)25/h2*5,12-13,15,17-18H,1,6-11,14H2,2-4H3,(H,30,35)(H,29,31,32);5,10,13-14H,1,6-9,11H2,2-4H3,(H,29,34)(H,28,30,31);5-8,13-14H,1,9-10H2,2-4H3,(H,27,31)(H,26,28,29)/t2*17-,18+;2*13-,14+/m0001/s1. The molecule has 4 aromatic carbocycles. The Labute approximate surface area is 865 Å². The zero-order valence-corrected chi connectivity index (χ0v) is 85.9. The summed E-state index contributed by atoms with van der Waals surface area (Å²) < 4.78 is 109. The van der Waals surface area contributed by atoms with E-state index >= 15 is 13.2 Å². The summed E-state index contributed by atoms with van der Waals surface area (Å²) in [5, 5.41) is 26.2. The lowest BCUT2D eigenvalue weighted by Gasteiger charge is -2.36. The molecule has 9 aromatic rings. The van der Waals surface area contributed by atoms with E-state index in [4.69, 9.17) is 82.4 Å². The Balaban J connectivity index is 0.000000148. The summed E-state index contributed by atoms with van der Waals surface area (Å²) in [7, 11) is 17.3. The lowest BCUT2D eigenvalue weighted by molar-refractivity contribution is -0.118. The maximum absolute atomic E-state index is 15.7. The molecule has 5 aliphatic carbocycles. The summed E-state index contributed by atoms with van der Waals surface area (Å²) in [6.07, 6.45) is 26.2. The fourth-order valence-corrected chi connectivity index (χ4v) is 20.3. The van der Waals surface area contributed by atoms with E-state index in [2.05, 4.69) is 104 Å². The molecule has 5 saturated carbocycles. The Morgan fingerprint density at radius 2 is 0.716 bits per heavy atom. The summed E-state index contributed by atoms with van der Waals surface area (Å²) in [6, 6.07) is 4.01. The molecule has 0 unspecified atom stereocenters. The molecule has 40 nitrogen and oxygen atoms in total. The maximum Gasteiger partial charge on any atom is 0.330 e. The van der Waals surface area contributed by atoms with Crippen molar-refractivity contribution in [3.63, 3.8) is 0 Å². The number of urea groups is 3. The average molecular weight is 2110 g/mol. The van der Waals surface area contributed by atoms with Crippen LogP contribution in [0.1, 0.15) is 142 Å². The quantitative estimate of drug-likeness (QED) is 0.0153. The lowest BCUT2D eigenvalue weighted by Crippen LogP contribution is -2.49. The molecule has 148 heavy (non-hydrogen) atoms. The first-order valence-electron chi connectivity index (χ1n) is 47.9. The van der Waals surface area contributed by atoms with E-state index in [1.54, 1.807) is 77.1 Å². The van der Waals surface area contributed by atoms with Crippen LogP contribution in [0.15, 0.2) is 104 Å². The van der Waals surface area contributed by atoms with Crippen LogP contribution >= 0.6 is 34.8 Å². The van der Waals surface area contributed by atoms with Gasteiger partial charge in [-0.1, -0.05) is 99.6 Å². The number of amides is 10. The van der Waals surface area contributed by atoms with Gasteiger partial charge in [0.2, 0.25) is 53.2 Å². The van der Waals surface area contributed by atoms with E-state index in [9.17, 15) is 42.7 Å². The first-order chi connectivity index (χ1) is 71.2. The third kappa shape index (κ3) is 22.5. The molecule has 0 radical (unpaired) electrons. The van der Waals surface area contributed by atoms with Gasteiger partial charge in [0.15, 0.2) is 34.7 Å². The van der Waals surface area contributed by atoms with Gasteiger partial charge in [-0.2, -0.15) is 24.3 Å². The fourth-order valence-electron chi connectivity index (χ4n) is 19.3. The van der Waals surface area contributed by atoms with Crippen molar-refractivity contribution in [2.24, 2.45) is 7.05 Å². The average Bonchev–Trinajstić information content (AvgIpc) is 1.53. The van der Waals surface area contributed by atoms with Crippen molar-refractivity contribution >= 4 is 146 Å². The zero-order chi connectivity index (χ0) is 106. The molecule has 6 fully saturated rings. The Morgan fingerprint density at radius 1 is 0.385 bits per heavy atom. The molecule has 10 amide bonds. The highest BCUT2D eigenvalue weighted by Gasteiger charge is 2.45. The highest BCUT2D eigenvalue weighted by molar-refractivity contribution is 6.41. The Hall–Kier alpha value is -14.8. The minimum atomic E-state index is -1.38. The van der Waals surface area contributed by atoms with Crippen molar-refractivity contribution in [3.05, 3.63) is 176 Å². The van der Waals surface area contributed by atoms with Crippen LogP contribution in [0.4, 0.5) is 90.3 Å². The fraction of sp³-hybridized carbons (Fsp3) is 0.426. The Morgan fingerprint density at radius 3 is 1.10 bits per heavy atom. The highest BCUT2D eigenvalue weighted by Crippen LogP contribution is 2.57. The smallest absolute Gasteiger partial charge is 0.330 e. The lowest BCUT2D eigenvalue weighted by atomic mass is 9.90. The van der Waals surface area contributed by atoms with Crippen molar-refractivity contribution in [1.29, 1.82) is 0 Å². The normalized spacial score (nSPS) is 19.7. The van der Waals surface area contributed by atoms with E-state index in [0.717, 1.165) is 138 Å². The van der Waals surface area contributed by atoms with E-state index in [1.807, 2.05) is 0 Å². The van der Waals surface area contributed by atoms with Gasteiger partial charge in [-0.05, 0) is 106 Å².